The molecule has 3 amide bonds. The van der Waals surface area contributed by atoms with Gasteiger partial charge in [-0.15, -0.1) is 12.6 Å². The van der Waals surface area contributed by atoms with Crippen molar-refractivity contribution in [3.8, 4) is 0 Å². The van der Waals surface area contributed by atoms with Crippen LogP contribution in [0.3, 0.4) is 0 Å². The number of hydrogen-bond donors (Lipinski definition) is 2. The van der Waals surface area contributed by atoms with E-state index in [4.69, 9.17) is 0 Å². The standard InChI is InChI=1S/C13H14N2O3S/c1-13(2)12(18)14-10(16)7-15(13)11(17)8-4-3-5-9(19)6-8/h3-6,19H,7H2,1-2H3,(H,14,16,18). The van der Waals surface area contributed by atoms with Gasteiger partial charge < -0.3 is 4.90 Å². The molecule has 1 aromatic carbocycles. The fourth-order valence-corrected chi connectivity index (χ4v) is 2.13. The Kier molecular flexibility index (Phi) is 3.36. The first-order valence-electron chi connectivity index (χ1n) is 5.77. The summed E-state index contributed by atoms with van der Waals surface area (Å²) in [6.45, 7) is 3.09. The number of carbonyl (C=O) groups is 3. The normalized spacial score (nSPS) is 18.2. The molecule has 0 spiro atoms. The number of hydrogen-bond acceptors (Lipinski definition) is 4. The van der Waals surface area contributed by atoms with Crippen LogP contribution < -0.4 is 5.32 Å². The summed E-state index contributed by atoms with van der Waals surface area (Å²) in [7, 11) is 0. The minimum atomic E-state index is -1.06. The Bertz CT molecular complexity index is 569. The third kappa shape index (κ3) is 2.49. The Hall–Kier alpha value is -1.82. The summed E-state index contributed by atoms with van der Waals surface area (Å²) in [5.41, 5.74) is -0.652. The van der Waals surface area contributed by atoms with Crippen LogP contribution in [-0.4, -0.2) is 34.7 Å². The van der Waals surface area contributed by atoms with Gasteiger partial charge in [-0.05, 0) is 32.0 Å². The van der Waals surface area contributed by atoms with Crippen molar-refractivity contribution >= 4 is 30.4 Å². The SMILES string of the molecule is CC1(C)C(=O)NC(=O)CN1C(=O)c1cccc(S)c1. The fourth-order valence-electron chi connectivity index (χ4n) is 1.90. The van der Waals surface area contributed by atoms with Gasteiger partial charge in [0.15, 0.2) is 0 Å². The predicted octanol–water partition coefficient (Wildman–Crippen LogP) is 0.852. The summed E-state index contributed by atoms with van der Waals surface area (Å²) in [5.74, 6) is -1.30. The Labute approximate surface area is 116 Å². The topological polar surface area (TPSA) is 66.5 Å². The van der Waals surface area contributed by atoms with Crippen molar-refractivity contribution in [3.05, 3.63) is 29.8 Å². The highest BCUT2D eigenvalue weighted by atomic mass is 32.1. The lowest BCUT2D eigenvalue weighted by atomic mass is 9.97. The minimum Gasteiger partial charge on any atom is -0.315 e. The highest BCUT2D eigenvalue weighted by Crippen LogP contribution is 2.22. The summed E-state index contributed by atoms with van der Waals surface area (Å²) >= 11 is 4.17. The summed E-state index contributed by atoms with van der Waals surface area (Å²) in [6, 6.07) is 6.70. The van der Waals surface area contributed by atoms with Gasteiger partial charge in [-0.3, -0.25) is 19.7 Å². The van der Waals surface area contributed by atoms with Gasteiger partial charge in [-0.25, -0.2) is 0 Å². The lowest BCUT2D eigenvalue weighted by Gasteiger charge is -2.40. The maximum Gasteiger partial charge on any atom is 0.255 e. The molecule has 5 nitrogen and oxygen atoms in total. The van der Waals surface area contributed by atoms with Gasteiger partial charge in [0.25, 0.3) is 11.8 Å². The average molecular weight is 278 g/mol. The van der Waals surface area contributed by atoms with Crippen LogP contribution in [0.1, 0.15) is 24.2 Å². The zero-order chi connectivity index (χ0) is 14.2. The number of amides is 3. The number of rotatable bonds is 1. The molecule has 1 fully saturated rings. The Morgan fingerprint density at radius 1 is 1.37 bits per heavy atom. The molecule has 0 aromatic heterocycles. The van der Waals surface area contributed by atoms with Crippen LogP contribution in [0.4, 0.5) is 0 Å². The molecular weight excluding hydrogens is 264 g/mol. The molecule has 1 saturated heterocycles. The molecule has 6 heteroatoms. The number of carbonyl (C=O) groups excluding carboxylic acids is 3. The second kappa shape index (κ2) is 4.70. The molecule has 0 atom stereocenters. The van der Waals surface area contributed by atoms with Crippen molar-refractivity contribution in [2.24, 2.45) is 0 Å². The molecule has 1 aliphatic heterocycles. The number of benzene rings is 1. The van der Waals surface area contributed by atoms with Gasteiger partial charge in [-0.2, -0.15) is 0 Å². The molecular formula is C13H14N2O3S. The zero-order valence-corrected chi connectivity index (χ0v) is 11.5. The number of piperazine rings is 1. The molecule has 0 bridgehead atoms. The Morgan fingerprint density at radius 2 is 2.05 bits per heavy atom. The van der Waals surface area contributed by atoms with E-state index >= 15 is 0 Å². The molecule has 1 aliphatic rings. The molecule has 0 radical (unpaired) electrons. The summed E-state index contributed by atoms with van der Waals surface area (Å²) in [5, 5.41) is 2.23. The molecule has 0 unspecified atom stereocenters. The second-order valence-corrected chi connectivity index (χ2v) is 5.39. The van der Waals surface area contributed by atoms with E-state index in [1.54, 1.807) is 38.1 Å². The van der Waals surface area contributed by atoms with Crippen LogP contribution in [0.25, 0.3) is 0 Å². The maximum atomic E-state index is 12.4. The number of imide groups is 1. The molecule has 0 saturated carbocycles. The van der Waals surface area contributed by atoms with Crippen molar-refractivity contribution in [3.63, 3.8) is 0 Å². The highest BCUT2D eigenvalue weighted by molar-refractivity contribution is 7.80. The number of nitrogens with one attached hydrogen (secondary N) is 1. The molecule has 1 heterocycles. The zero-order valence-electron chi connectivity index (χ0n) is 10.6. The van der Waals surface area contributed by atoms with Crippen molar-refractivity contribution in [2.75, 3.05) is 6.54 Å². The summed E-state index contributed by atoms with van der Waals surface area (Å²) in [4.78, 5) is 37.6. The van der Waals surface area contributed by atoms with E-state index in [1.807, 2.05) is 0 Å². The van der Waals surface area contributed by atoms with Gasteiger partial charge in [-0.1, -0.05) is 6.07 Å². The molecule has 100 valence electrons. The van der Waals surface area contributed by atoms with Gasteiger partial charge in [0.05, 0.1) is 0 Å². The minimum absolute atomic E-state index is 0.131. The van der Waals surface area contributed by atoms with Gasteiger partial charge in [0.1, 0.15) is 12.1 Å². The van der Waals surface area contributed by atoms with E-state index < -0.39 is 17.4 Å². The quantitative estimate of drug-likeness (QED) is 0.591. The monoisotopic (exact) mass is 278 g/mol. The van der Waals surface area contributed by atoms with E-state index in [1.165, 1.54) is 4.90 Å². The number of thiol groups is 1. The van der Waals surface area contributed by atoms with Crippen molar-refractivity contribution in [2.45, 2.75) is 24.3 Å². The van der Waals surface area contributed by atoms with Crippen molar-refractivity contribution < 1.29 is 14.4 Å². The van der Waals surface area contributed by atoms with Crippen LogP contribution in [0.15, 0.2) is 29.2 Å². The van der Waals surface area contributed by atoms with E-state index in [-0.39, 0.29) is 12.5 Å². The maximum absolute atomic E-state index is 12.4. The lowest BCUT2D eigenvalue weighted by Crippen LogP contribution is -2.65. The lowest BCUT2D eigenvalue weighted by molar-refractivity contribution is -0.143. The van der Waals surface area contributed by atoms with Crippen LogP contribution in [0, 0.1) is 0 Å². The van der Waals surface area contributed by atoms with E-state index in [9.17, 15) is 14.4 Å². The van der Waals surface area contributed by atoms with Gasteiger partial charge >= 0.3 is 0 Å². The third-order valence-corrected chi connectivity index (χ3v) is 3.40. The highest BCUT2D eigenvalue weighted by Gasteiger charge is 2.43. The molecule has 2 rings (SSSR count). The van der Waals surface area contributed by atoms with Crippen LogP contribution in [-0.2, 0) is 9.59 Å². The first-order valence-corrected chi connectivity index (χ1v) is 6.22. The van der Waals surface area contributed by atoms with Crippen molar-refractivity contribution in [1.29, 1.82) is 0 Å². The van der Waals surface area contributed by atoms with Crippen LogP contribution >= 0.6 is 12.6 Å². The van der Waals surface area contributed by atoms with Crippen LogP contribution in [0.2, 0.25) is 0 Å². The predicted molar refractivity (Wildman–Crippen MR) is 72.0 cm³/mol. The molecule has 0 aliphatic carbocycles. The van der Waals surface area contributed by atoms with Crippen LogP contribution in [0.5, 0.6) is 0 Å². The van der Waals surface area contributed by atoms with E-state index in [0.29, 0.717) is 10.5 Å². The molecule has 19 heavy (non-hydrogen) atoms. The largest absolute Gasteiger partial charge is 0.315 e. The molecule has 1 N–H and O–H groups in total. The first kappa shape index (κ1) is 13.6. The Balaban J connectivity index is 2.36. The summed E-state index contributed by atoms with van der Waals surface area (Å²) in [6.07, 6.45) is 0. The second-order valence-electron chi connectivity index (χ2n) is 4.88. The third-order valence-electron chi connectivity index (χ3n) is 3.12. The Morgan fingerprint density at radius 3 is 2.68 bits per heavy atom. The number of nitrogens with zero attached hydrogens (tertiary/aromatic N) is 1. The smallest absolute Gasteiger partial charge is 0.255 e. The van der Waals surface area contributed by atoms with Gasteiger partial charge in [0, 0.05) is 10.5 Å². The van der Waals surface area contributed by atoms with E-state index in [2.05, 4.69) is 17.9 Å². The average Bonchev–Trinajstić information content (AvgIpc) is 2.33. The first-order chi connectivity index (χ1) is 8.82. The van der Waals surface area contributed by atoms with E-state index in [0.717, 1.165) is 0 Å². The molecule has 1 aromatic rings. The fraction of sp³-hybridized carbons (Fsp3) is 0.308. The van der Waals surface area contributed by atoms with Crippen molar-refractivity contribution in [1.82, 2.24) is 10.2 Å². The van der Waals surface area contributed by atoms with Gasteiger partial charge in [0.2, 0.25) is 5.91 Å². The summed E-state index contributed by atoms with van der Waals surface area (Å²) < 4.78 is 0.